The molecule has 19 heavy (non-hydrogen) atoms. The molecule has 1 aliphatic rings. The van der Waals surface area contributed by atoms with E-state index in [1.807, 2.05) is 19.1 Å². The van der Waals surface area contributed by atoms with Crippen LogP contribution in [0.1, 0.15) is 37.4 Å². The van der Waals surface area contributed by atoms with E-state index in [1.165, 1.54) is 10.9 Å². The Kier molecular flexibility index (Phi) is 2.70. The zero-order valence-electron chi connectivity index (χ0n) is 11.4. The van der Waals surface area contributed by atoms with Crippen LogP contribution in [0, 0.1) is 0 Å². The SMILES string of the molecule is COc1ccc2[nH]c3c(c2c1)C(C)CC(C=O)=C3C. The summed E-state index contributed by atoms with van der Waals surface area (Å²) in [4.78, 5) is 14.6. The second kappa shape index (κ2) is 4.26. The first-order valence-corrected chi connectivity index (χ1v) is 6.50. The molecule has 0 aliphatic heterocycles. The van der Waals surface area contributed by atoms with Gasteiger partial charge in [-0.25, -0.2) is 0 Å². The Hall–Kier alpha value is -2.03. The van der Waals surface area contributed by atoms with Crippen molar-refractivity contribution in [2.75, 3.05) is 7.11 Å². The van der Waals surface area contributed by atoms with Crippen LogP contribution in [-0.4, -0.2) is 18.4 Å². The quantitative estimate of drug-likeness (QED) is 0.832. The number of H-pyrrole nitrogens is 1. The van der Waals surface area contributed by atoms with Crippen LogP contribution >= 0.6 is 0 Å². The summed E-state index contributed by atoms with van der Waals surface area (Å²) in [5.74, 6) is 1.21. The standard InChI is InChI=1S/C16H17NO2/c1-9-6-11(8-18)10(2)16-15(9)13-7-12(19-3)4-5-14(13)17-16/h4-5,7-9,17H,6H2,1-3H3. The molecule has 1 N–H and O–H groups in total. The van der Waals surface area contributed by atoms with Gasteiger partial charge in [0.1, 0.15) is 12.0 Å². The van der Waals surface area contributed by atoms with Crippen LogP contribution in [0.3, 0.4) is 0 Å². The summed E-state index contributed by atoms with van der Waals surface area (Å²) in [6.07, 6.45) is 1.80. The summed E-state index contributed by atoms with van der Waals surface area (Å²) in [6.45, 7) is 4.18. The number of carbonyl (C=O) groups excluding carboxylic acids is 1. The smallest absolute Gasteiger partial charge is 0.146 e. The molecule has 1 heterocycles. The number of aromatic amines is 1. The van der Waals surface area contributed by atoms with Crippen molar-refractivity contribution in [3.63, 3.8) is 0 Å². The minimum absolute atomic E-state index is 0.347. The Bertz CT molecular complexity index is 694. The molecule has 0 amide bonds. The Morgan fingerprint density at radius 2 is 2.21 bits per heavy atom. The maximum absolute atomic E-state index is 11.1. The second-order valence-electron chi connectivity index (χ2n) is 5.20. The fraction of sp³-hybridized carbons (Fsp3) is 0.312. The average molecular weight is 255 g/mol. The van der Waals surface area contributed by atoms with Gasteiger partial charge in [-0.3, -0.25) is 4.79 Å². The number of hydrogen-bond acceptors (Lipinski definition) is 2. The number of carbonyl (C=O) groups is 1. The molecule has 1 aromatic carbocycles. The van der Waals surface area contributed by atoms with Gasteiger partial charge in [-0.15, -0.1) is 0 Å². The van der Waals surface area contributed by atoms with Gasteiger partial charge >= 0.3 is 0 Å². The predicted octanol–water partition coefficient (Wildman–Crippen LogP) is 3.66. The third-order valence-corrected chi connectivity index (χ3v) is 4.06. The van der Waals surface area contributed by atoms with Crippen LogP contribution in [0.15, 0.2) is 23.8 Å². The Labute approximate surface area is 112 Å². The van der Waals surface area contributed by atoms with Gasteiger partial charge in [-0.05, 0) is 54.2 Å². The van der Waals surface area contributed by atoms with Crippen LogP contribution < -0.4 is 4.74 Å². The van der Waals surface area contributed by atoms with Crippen LogP contribution in [0.4, 0.5) is 0 Å². The van der Waals surface area contributed by atoms with Gasteiger partial charge in [0, 0.05) is 16.6 Å². The first-order chi connectivity index (χ1) is 9.15. The van der Waals surface area contributed by atoms with E-state index < -0.39 is 0 Å². The van der Waals surface area contributed by atoms with Gasteiger partial charge in [0.15, 0.2) is 0 Å². The number of hydrogen-bond donors (Lipinski definition) is 1. The topological polar surface area (TPSA) is 42.1 Å². The molecule has 0 radical (unpaired) electrons. The molecule has 0 fully saturated rings. The largest absolute Gasteiger partial charge is 0.497 e. The van der Waals surface area contributed by atoms with Crippen molar-refractivity contribution < 1.29 is 9.53 Å². The molecule has 2 aromatic rings. The van der Waals surface area contributed by atoms with Crippen LogP contribution in [0.2, 0.25) is 0 Å². The minimum Gasteiger partial charge on any atom is -0.497 e. The van der Waals surface area contributed by atoms with E-state index in [1.54, 1.807) is 7.11 Å². The molecule has 0 bridgehead atoms. The number of allylic oxidation sites excluding steroid dienone is 2. The molecular formula is C16H17NO2. The van der Waals surface area contributed by atoms with E-state index in [0.717, 1.165) is 40.8 Å². The summed E-state index contributed by atoms with van der Waals surface area (Å²) in [7, 11) is 1.68. The van der Waals surface area contributed by atoms with E-state index in [2.05, 4.69) is 18.0 Å². The van der Waals surface area contributed by atoms with E-state index in [-0.39, 0.29) is 0 Å². The Morgan fingerprint density at radius 1 is 1.42 bits per heavy atom. The van der Waals surface area contributed by atoms with E-state index in [0.29, 0.717) is 5.92 Å². The lowest BCUT2D eigenvalue weighted by molar-refractivity contribution is -0.105. The fourth-order valence-corrected chi connectivity index (χ4v) is 3.01. The lowest BCUT2D eigenvalue weighted by atomic mass is 9.83. The molecule has 3 heteroatoms. The van der Waals surface area contributed by atoms with Crippen molar-refractivity contribution in [1.29, 1.82) is 0 Å². The highest BCUT2D eigenvalue weighted by Gasteiger charge is 2.25. The number of nitrogens with one attached hydrogen (secondary N) is 1. The summed E-state index contributed by atoms with van der Waals surface area (Å²) in [5, 5.41) is 1.20. The molecular weight excluding hydrogens is 238 g/mol. The van der Waals surface area contributed by atoms with Crippen LogP contribution in [-0.2, 0) is 4.79 Å². The number of aldehydes is 1. The van der Waals surface area contributed by atoms with Gasteiger partial charge in [0.05, 0.1) is 7.11 Å². The molecule has 98 valence electrons. The highest BCUT2D eigenvalue weighted by atomic mass is 16.5. The number of rotatable bonds is 2. The summed E-state index contributed by atoms with van der Waals surface area (Å²) in [5.41, 5.74) is 5.47. The Balaban J connectivity index is 2.32. The lowest BCUT2D eigenvalue weighted by Gasteiger charge is -2.21. The van der Waals surface area contributed by atoms with E-state index in [9.17, 15) is 4.79 Å². The van der Waals surface area contributed by atoms with Crippen molar-refractivity contribution in [1.82, 2.24) is 4.98 Å². The summed E-state index contributed by atoms with van der Waals surface area (Å²) in [6, 6.07) is 6.06. The van der Waals surface area contributed by atoms with Crippen molar-refractivity contribution in [3.8, 4) is 5.75 Å². The summed E-state index contributed by atoms with van der Waals surface area (Å²) < 4.78 is 5.31. The lowest BCUT2D eigenvalue weighted by Crippen LogP contribution is -2.07. The number of benzene rings is 1. The van der Waals surface area contributed by atoms with Gasteiger partial charge < -0.3 is 9.72 Å². The molecule has 1 atom stereocenters. The molecule has 0 spiro atoms. The van der Waals surface area contributed by atoms with Gasteiger partial charge in [0.2, 0.25) is 0 Å². The van der Waals surface area contributed by atoms with Gasteiger partial charge in [0.25, 0.3) is 0 Å². The molecule has 1 aliphatic carbocycles. The third-order valence-electron chi connectivity index (χ3n) is 4.06. The maximum atomic E-state index is 11.1. The molecule has 1 aromatic heterocycles. The normalized spacial score (nSPS) is 18.6. The fourth-order valence-electron chi connectivity index (χ4n) is 3.01. The zero-order chi connectivity index (χ0) is 13.6. The monoisotopic (exact) mass is 255 g/mol. The minimum atomic E-state index is 0.347. The maximum Gasteiger partial charge on any atom is 0.146 e. The van der Waals surface area contributed by atoms with Crippen LogP contribution in [0.25, 0.3) is 16.5 Å². The van der Waals surface area contributed by atoms with E-state index in [4.69, 9.17) is 4.74 Å². The van der Waals surface area contributed by atoms with Gasteiger partial charge in [-0.2, -0.15) is 0 Å². The highest BCUT2D eigenvalue weighted by Crippen LogP contribution is 2.42. The first kappa shape index (κ1) is 12.0. The number of fused-ring (bicyclic) bond motifs is 3. The van der Waals surface area contributed by atoms with Crippen molar-refractivity contribution >= 4 is 22.8 Å². The van der Waals surface area contributed by atoms with E-state index >= 15 is 0 Å². The van der Waals surface area contributed by atoms with Crippen molar-refractivity contribution in [2.45, 2.75) is 26.2 Å². The zero-order valence-corrected chi connectivity index (χ0v) is 11.4. The molecule has 0 saturated carbocycles. The first-order valence-electron chi connectivity index (χ1n) is 6.50. The molecule has 3 rings (SSSR count). The number of ether oxygens (including phenoxy) is 1. The molecule has 0 saturated heterocycles. The summed E-state index contributed by atoms with van der Waals surface area (Å²) >= 11 is 0. The average Bonchev–Trinajstić information content (AvgIpc) is 2.81. The second-order valence-corrected chi connectivity index (χ2v) is 5.20. The number of methoxy groups -OCH3 is 1. The van der Waals surface area contributed by atoms with Crippen molar-refractivity contribution in [3.05, 3.63) is 35.0 Å². The predicted molar refractivity (Wildman–Crippen MR) is 76.5 cm³/mol. The van der Waals surface area contributed by atoms with Crippen molar-refractivity contribution in [2.24, 2.45) is 0 Å². The van der Waals surface area contributed by atoms with Crippen LogP contribution in [0.5, 0.6) is 5.75 Å². The number of aromatic nitrogens is 1. The Morgan fingerprint density at radius 3 is 2.89 bits per heavy atom. The third kappa shape index (κ3) is 1.69. The molecule has 3 nitrogen and oxygen atoms in total. The highest BCUT2D eigenvalue weighted by molar-refractivity contribution is 5.96. The van der Waals surface area contributed by atoms with Gasteiger partial charge in [-0.1, -0.05) is 6.92 Å². The molecule has 1 unspecified atom stereocenters.